The molecule has 9 atom stereocenters. The lowest BCUT2D eigenvalue weighted by molar-refractivity contribution is -0.139. The minimum Gasteiger partial charge on any atom is -0.390 e. The number of ketones is 1. The number of carbonyl (C=O) groups is 1. The van der Waals surface area contributed by atoms with Crippen molar-refractivity contribution in [1.29, 1.82) is 0 Å². The standard InChI is InChI=1S/C25H37FN2O4S/c1-24(30)8-6-17-16-7-9-25(2)20(18(16)10-22(26)19(17)11-24)4-5-21(25)23(29)14-28-13-15(12-27-28)33(3,31)32/h12-13,16-22,30H,4-11,14H2,1-3H3/t16?,17-,18-,19+,20+,21-,22-,24-,25+/m1/s1. The Bertz CT molecular complexity index is 1040. The predicted octanol–water partition coefficient (Wildman–Crippen LogP) is 3.82. The molecule has 0 bridgehead atoms. The molecule has 33 heavy (non-hydrogen) atoms. The first-order valence-electron chi connectivity index (χ1n) is 12.5. The zero-order valence-electron chi connectivity index (χ0n) is 19.9. The zero-order chi connectivity index (χ0) is 23.8. The van der Waals surface area contributed by atoms with Crippen molar-refractivity contribution in [3.63, 3.8) is 0 Å². The van der Waals surface area contributed by atoms with Gasteiger partial charge >= 0.3 is 0 Å². The first-order chi connectivity index (χ1) is 15.4. The minimum absolute atomic E-state index is 0.0259. The van der Waals surface area contributed by atoms with E-state index >= 15 is 4.39 Å². The van der Waals surface area contributed by atoms with E-state index in [-0.39, 0.29) is 34.5 Å². The third-order valence-corrected chi connectivity index (χ3v) is 11.1. The second-order valence-electron chi connectivity index (χ2n) is 12.0. The molecule has 0 saturated heterocycles. The van der Waals surface area contributed by atoms with Crippen LogP contribution in [0.15, 0.2) is 17.3 Å². The molecule has 4 aliphatic carbocycles. The summed E-state index contributed by atoms with van der Waals surface area (Å²) < 4.78 is 40.3. The van der Waals surface area contributed by atoms with Crippen LogP contribution >= 0.6 is 0 Å². The summed E-state index contributed by atoms with van der Waals surface area (Å²) in [6, 6.07) is 0. The summed E-state index contributed by atoms with van der Waals surface area (Å²) in [6.07, 6.45) is 9.63. The monoisotopic (exact) mass is 480 g/mol. The first-order valence-corrected chi connectivity index (χ1v) is 14.4. The van der Waals surface area contributed by atoms with E-state index in [1.165, 1.54) is 17.1 Å². The zero-order valence-corrected chi connectivity index (χ0v) is 20.7. The van der Waals surface area contributed by atoms with E-state index < -0.39 is 21.6 Å². The third kappa shape index (κ3) is 3.99. The summed E-state index contributed by atoms with van der Waals surface area (Å²) in [5.41, 5.74) is -0.867. The summed E-state index contributed by atoms with van der Waals surface area (Å²) >= 11 is 0. The number of aromatic nitrogens is 2. The topological polar surface area (TPSA) is 89.3 Å². The largest absolute Gasteiger partial charge is 0.390 e. The van der Waals surface area contributed by atoms with Crippen LogP contribution < -0.4 is 0 Å². The van der Waals surface area contributed by atoms with E-state index in [0.717, 1.165) is 44.8 Å². The van der Waals surface area contributed by atoms with Crippen LogP contribution in [0.1, 0.15) is 65.2 Å². The number of alkyl halides is 1. The molecule has 1 aromatic rings. The Morgan fingerprint density at radius 1 is 1.15 bits per heavy atom. The molecule has 1 aromatic heterocycles. The molecule has 184 valence electrons. The molecule has 4 fully saturated rings. The van der Waals surface area contributed by atoms with Gasteiger partial charge in [0.2, 0.25) is 0 Å². The quantitative estimate of drug-likeness (QED) is 0.708. The van der Waals surface area contributed by atoms with Crippen LogP contribution in [0.4, 0.5) is 4.39 Å². The number of fused-ring (bicyclic) bond motifs is 5. The Morgan fingerprint density at radius 2 is 1.85 bits per heavy atom. The van der Waals surface area contributed by atoms with E-state index in [0.29, 0.717) is 36.5 Å². The highest BCUT2D eigenvalue weighted by atomic mass is 32.2. The van der Waals surface area contributed by atoms with Crippen LogP contribution in [0.3, 0.4) is 0 Å². The smallest absolute Gasteiger partial charge is 0.178 e. The van der Waals surface area contributed by atoms with Crippen molar-refractivity contribution in [3.05, 3.63) is 12.4 Å². The van der Waals surface area contributed by atoms with Crippen LogP contribution in [0.2, 0.25) is 0 Å². The van der Waals surface area contributed by atoms with Crippen LogP contribution in [0.25, 0.3) is 0 Å². The van der Waals surface area contributed by atoms with Gasteiger partial charge in [-0.1, -0.05) is 6.92 Å². The van der Waals surface area contributed by atoms with Gasteiger partial charge in [-0.25, -0.2) is 12.8 Å². The molecule has 0 spiro atoms. The number of sulfone groups is 1. The fraction of sp³-hybridized carbons (Fsp3) is 0.840. The van der Waals surface area contributed by atoms with Crippen molar-refractivity contribution in [3.8, 4) is 0 Å². The number of carbonyl (C=O) groups excluding carboxylic acids is 1. The molecule has 4 saturated carbocycles. The predicted molar refractivity (Wildman–Crippen MR) is 122 cm³/mol. The van der Waals surface area contributed by atoms with Gasteiger partial charge in [0.05, 0.1) is 18.3 Å². The average Bonchev–Trinajstić information content (AvgIpc) is 3.32. The van der Waals surface area contributed by atoms with Gasteiger partial charge in [-0.3, -0.25) is 9.48 Å². The summed E-state index contributed by atoms with van der Waals surface area (Å²) in [6.45, 7) is 4.17. The minimum atomic E-state index is -3.35. The molecule has 1 N–H and O–H groups in total. The van der Waals surface area contributed by atoms with Crippen molar-refractivity contribution < 1.29 is 22.7 Å². The maximum absolute atomic E-state index is 15.4. The second-order valence-corrected chi connectivity index (χ2v) is 14.1. The Hall–Kier alpha value is -1.28. The van der Waals surface area contributed by atoms with Gasteiger partial charge in [0.15, 0.2) is 15.6 Å². The van der Waals surface area contributed by atoms with Gasteiger partial charge in [-0.15, -0.1) is 0 Å². The summed E-state index contributed by atoms with van der Waals surface area (Å²) in [5.74, 6) is 1.55. The normalized spacial score (nSPS) is 45.2. The summed E-state index contributed by atoms with van der Waals surface area (Å²) in [7, 11) is -3.35. The van der Waals surface area contributed by atoms with Crippen LogP contribution in [-0.4, -0.2) is 47.1 Å². The highest BCUT2D eigenvalue weighted by molar-refractivity contribution is 7.90. The Kier molecular flexibility index (Phi) is 5.59. The lowest BCUT2D eigenvalue weighted by atomic mass is 9.48. The van der Waals surface area contributed by atoms with Gasteiger partial charge in [-0.2, -0.15) is 5.10 Å². The van der Waals surface area contributed by atoms with E-state index in [1.54, 1.807) is 0 Å². The molecule has 0 aliphatic heterocycles. The summed E-state index contributed by atoms with van der Waals surface area (Å²) in [4.78, 5) is 13.5. The highest BCUT2D eigenvalue weighted by Gasteiger charge is 2.60. The van der Waals surface area contributed by atoms with E-state index in [4.69, 9.17) is 0 Å². The molecular formula is C25H37FN2O4S. The molecule has 0 radical (unpaired) electrons. The molecule has 0 amide bonds. The number of halogens is 1. The van der Waals surface area contributed by atoms with Crippen molar-refractivity contribution in [2.24, 2.45) is 40.9 Å². The molecular weight excluding hydrogens is 443 g/mol. The number of hydrogen-bond donors (Lipinski definition) is 1. The lowest BCUT2D eigenvalue weighted by Crippen LogP contribution is -2.54. The number of aliphatic hydroxyl groups is 1. The summed E-state index contributed by atoms with van der Waals surface area (Å²) in [5, 5.41) is 14.6. The van der Waals surface area contributed by atoms with E-state index in [1.807, 2.05) is 6.92 Å². The fourth-order valence-corrected chi connectivity index (χ4v) is 8.98. The molecule has 1 unspecified atom stereocenters. The molecule has 0 aromatic carbocycles. The molecule has 5 rings (SSSR count). The van der Waals surface area contributed by atoms with Gasteiger partial charge < -0.3 is 5.11 Å². The van der Waals surface area contributed by atoms with Crippen molar-refractivity contribution in [1.82, 2.24) is 9.78 Å². The Labute approximate surface area is 196 Å². The van der Waals surface area contributed by atoms with Crippen LogP contribution in [0, 0.1) is 40.9 Å². The number of nitrogens with zero attached hydrogens (tertiary/aromatic N) is 2. The molecule has 1 heterocycles. The maximum Gasteiger partial charge on any atom is 0.178 e. The van der Waals surface area contributed by atoms with Gasteiger partial charge in [0.1, 0.15) is 11.1 Å². The average molecular weight is 481 g/mol. The molecule has 4 aliphatic rings. The molecule has 8 heteroatoms. The number of Topliss-reactive ketones (excluding diaryl/α,β-unsaturated/α-hetero) is 1. The third-order valence-electron chi connectivity index (χ3n) is 9.99. The fourth-order valence-electron chi connectivity index (χ4n) is 8.42. The van der Waals surface area contributed by atoms with E-state index in [2.05, 4.69) is 12.0 Å². The molecule has 6 nitrogen and oxygen atoms in total. The van der Waals surface area contributed by atoms with Crippen LogP contribution in [0.5, 0.6) is 0 Å². The lowest BCUT2D eigenvalue weighted by Gasteiger charge is -2.57. The van der Waals surface area contributed by atoms with E-state index in [9.17, 15) is 18.3 Å². The Morgan fingerprint density at radius 3 is 2.55 bits per heavy atom. The number of hydrogen-bond acceptors (Lipinski definition) is 5. The van der Waals surface area contributed by atoms with Gasteiger partial charge in [0.25, 0.3) is 0 Å². The Balaban J connectivity index is 1.32. The van der Waals surface area contributed by atoms with Crippen molar-refractivity contribution in [2.45, 2.75) is 88.4 Å². The number of rotatable bonds is 4. The second kappa shape index (κ2) is 7.87. The SMILES string of the molecule is C[C@@]1(O)CC[C@@H]2C3CC[C@]4(C)[C@@H](C(=O)Cn5cc(S(C)(=O)=O)cn5)CC[C@H]4[C@@H]3C[C@@H](F)[C@H]2C1. The van der Waals surface area contributed by atoms with Crippen molar-refractivity contribution >= 4 is 15.6 Å². The van der Waals surface area contributed by atoms with Crippen LogP contribution in [-0.2, 0) is 21.2 Å². The van der Waals surface area contributed by atoms with Gasteiger partial charge in [0, 0.05) is 18.4 Å². The first kappa shape index (κ1) is 23.5. The maximum atomic E-state index is 15.4. The van der Waals surface area contributed by atoms with Gasteiger partial charge in [-0.05, 0) is 93.3 Å². The highest BCUT2D eigenvalue weighted by Crippen LogP contribution is 2.65. The van der Waals surface area contributed by atoms with Crippen molar-refractivity contribution in [2.75, 3.05) is 6.26 Å².